The smallest absolute Gasteiger partial charge is 0.266 e. The molecule has 1 saturated heterocycles. The molecule has 2 aliphatic heterocycles. The third-order valence-corrected chi connectivity index (χ3v) is 7.84. The fraction of sp³-hybridized carbons (Fsp3) is 0.348. The Balaban J connectivity index is 1.71. The zero-order valence-electron chi connectivity index (χ0n) is 19.0. The Bertz CT molecular complexity index is 1310. The summed E-state index contributed by atoms with van der Waals surface area (Å²) in [6, 6.07) is 7.11. The summed E-state index contributed by atoms with van der Waals surface area (Å²) >= 11 is 6.27. The molecule has 4 rings (SSSR count). The molecule has 9 nitrogen and oxygen atoms in total. The van der Waals surface area contributed by atoms with Gasteiger partial charge in [-0.3, -0.25) is 9.69 Å². The lowest BCUT2D eigenvalue weighted by Gasteiger charge is -2.31. The van der Waals surface area contributed by atoms with E-state index in [1.165, 1.54) is 0 Å². The Kier molecular flexibility index (Phi) is 6.84. The zero-order valence-corrected chi connectivity index (χ0v) is 21.4. The molecule has 1 aromatic carbocycles. The van der Waals surface area contributed by atoms with Crippen LogP contribution in [0.3, 0.4) is 0 Å². The van der Waals surface area contributed by atoms with Gasteiger partial charge in [-0.25, -0.2) is 8.42 Å². The van der Waals surface area contributed by atoms with Gasteiger partial charge in [0.05, 0.1) is 39.0 Å². The SMILES string of the molecule is CC1(C)CC(C=C2Oc3ccccc3N2CCS(=O)(=O)[O-])=C/C(=C2/SC(=S)N(CC(=O)[O-])C2=O)C1. The van der Waals surface area contributed by atoms with Crippen molar-refractivity contribution in [3.05, 3.63) is 58.4 Å². The van der Waals surface area contributed by atoms with Gasteiger partial charge in [-0.1, -0.05) is 56.0 Å². The van der Waals surface area contributed by atoms with Gasteiger partial charge in [0.1, 0.15) is 4.32 Å². The van der Waals surface area contributed by atoms with Gasteiger partial charge in [0, 0.05) is 12.6 Å². The molecule has 35 heavy (non-hydrogen) atoms. The van der Waals surface area contributed by atoms with Crippen LogP contribution in [0.1, 0.15) is 26.7 Å². The molecule has 0 bridgehead atoms. The standard InChI is InChI=1S/C23H24N2O7S3/c1-23(2)11-14(9-15(12-23)20-21(28)25(13-19(26)27)22(33)34-20)10-18-24(7-8-35(29,30)31)16-5-3-4-6-17(16)32-18/h3-6,9-10H,7-8,11-13H2,1-2H3,(H,26,27)(H,29,30,31)/p-2/b18-10?,20-15-. The van der Waals surface area contributed by atoms with Gasteiger partial charge in [0.15, 0.2) is 5.75 Å². The summed E-state index contributed by atoms with van der Waals surface area (Å²) in [6.07, 6.45) is 4.86. The van der Waals surface area contributed by atoms with Crippen molar-refractivity contribution in [3.63, 3.8) is 0 Å². The lowest BCUT2D eigenvalue weighted by molar-refractivity contribution is -0.305. The number of carbonyl (C=O) groups excluding carboxylic acids is 2. The first-order chi connectivity index (χ1) is 16.3. The average Bonchev–Trinajstić information content (AvgIpc) is 3.21. The highest BCUT2D eigenvalue weighted by molar-refractivity contribution is 8.26. The fourth-order valence-corrected chi connectivity index (χ4v) is 6.00. The third-order valence-electron chi connectivity index (χ3n) is 5.65. The molecule has 1 fully saturated rings. The van der Waals surface area contributed by atoms with Crippen molar-refractivity contribution in [2.24, 2.45) is 5.41 Å². The van der Waals surface area contributed by atoms with Crippen LogP contribution in [0.25, 0.3) is 0 Å². The Hall–Kier alpha value is -2.67. The van der Waals surface area contributed by atoms with E-state index in [0.717, 1.165) is 27.8 Å². The lowest BCUT2D eigenvalue weighted by Crippen LogP contribution is -2.40. The predicted molar refractivity (Wildman–Crippen MR) is 132 cm³/mol. The normalized spacial score (nSPS) is 22.9. The molecule has 0 saturated carbocycles. The van der Waals surface area contributed by atoms with Gasteiger partial charge in [0.2, 0.25) is 5.88 Å². The highest BCUT2D eigenvalue weighted by Gasteiger charge is 2.37. The maximum absolute atomic E-state index is 12.9. The number of thioether (sulfide) groups is 1. The minimum Gasteiger partial charge on any atom is -0.748 e. The second-order valence-electron chi connectivity index (χ2n) is 9.19. The first-order valence-electron chi connectivity index (χ1n) is 10.7. The maximum atomic E-state index is 12.9. The molecular formula is C23H22N2O7S3-2. The number of rotatable bonds is 6. The van der Waals surface area contributed by atoms with Crippen molar-refractivity contribution in [2.45, 2.75) is 26.7 Å². The van der Waals surface area contributed by atoms with Gasteiger partial charge in [-0.15, -0.1) is 0 Å². The molecule has 1 aliphatic carbocycles. The second-order valence-corrected chi connectivity index (χ2v) is 12.4. The summed E-state index contributed by atoms with van der Waals surface area (Å²) in [6.45, 7) is 3.42. The van der Waals surface area contributed by atoms with Gasteiger partial charge in [-0.05, 0) is 41.5 Å². The van der Waals surface area contributed by atoms with Crippen LogP contribution in [-0.4, -0.2) is 52.9 Å². The molecule has 2 heterocycles. The number of hydrogen-bond donors (Lipinski definition) is 0. The van der Waals surface area contributed by atoms with Crippen molar-refractivity contribution >= 4 is 56.0 Å². The number of benzene rings is 1. The van der Waals surface area contributed by atoms with Crippen molar-refractivity contribution in [1.82, 2.24) is 4.90 Å². The molecule has 186 valence electrons. The van der Waals surface area contributed by atoms with Crippen LogP contribution in [0.2, 0.25) is 0 Å². The second kappa shape index (κ2) is 9.41. The third kappa shape index (κ3) is 5.77. The van der Waals surface area contributed by atoms with Crippen LogP contribution in [0.5, 0.6) is 5.75 Å². The number of nitrogens with zero attached hydrogens (tertiary/aromatic N) is 2. The molecule has 0 spiro atoms. The van der Waals surface area contributed by atoms with E-state index in [2.05, 4.69) is 0 Å². The number of amides is 1. The van der Waals surface area contributed by atoms with Crippen LogP contribution in [0.4, 0.5) is 5.69 Å². The quantitative estimate of drug-likeness (QED) is 0.303. The Labute approximate surface area is 212 Å². The number of fused-ring (bicyclic) bond motifs is 1. The molecule has 1 amide bonds. The molecule has 0 radical (unpaired) electrons. The van der Waals surface area contributed by atoms with E-state index < -0.39 is 34.3 Å². The zero-order chi connectivity index (χ0) is 25.5. The van der Waals surface area contributed by atoms with Crippen molar-refractivity contribution in [1.29, 1.82) is 0 Å². The van der Waals surface area contributed by atoms with Crippen LogP contribution in [0, 0.1) is 5.41 Å². The number of ether oxygens (including phenoxy) is 1. The van der Waals surface area contributed by atoms with Crippen LogP contribution < -0.4 is 14.7 Å². The number of anilines is 1. The molecule has 12 heteroatoms. The summed E-state index contributed by atoms with van der Waals surface area (Å²) in [5.41, 5.74) is 1.98. The van der Waals surface area contributed by atoms with Gasteiger partial charge in [0.25, 0.3) is 5.91 Å². The minimum atomic E-state index is -4.43. The number of allylic oxidation sites excluding steroid dienone is 4. The number of carboxylic acid groups (broad SMARTS) is 1. The largest absolute Gasteiger partial charge is 0.748 e. The molecular weight excluding hydrogens is 512 g/mol. The summed E-state index contributed by atoms with van der Waals surface area (Å²) < 4.78 is 40.0. The number of thiocarbonyl (C=S) groups is 1. The van der Waals surface area contributed by atoms with E-state index in [0.29, 0.717) is 35.1 Å². The monoisotopic (exact) mass is 534 g/mol. The average molecular weight is 535 g/mol. The van der Waals surface area contributed by atoms with Gasteiger partial charge < -0.3 is 24.1 Å². The van der Waals surface area contributed by atoms with Crippen LogP contribution in [0.15, 0.2) is 58.4 Å². The van der Waals surface area contributed by atoms with E-state index in [4.69, 9.17) is 17.0 Å². The summed E-state index contributed by atoms with van der Waals surface area (Å²) in [4.78, 5) is 27.0. The Morgan fingerprint density at radius 2 is 1.97 bits per heavy atom. The predicted octanol–water partition coefficient (Wildman–Crippen LogP) is 1.88. The highest BCUT2D eigenvalue weighted by atomic mass is 32.2. The topological polar surface area (TPSA) is 130 Å². The molecule has 0 unspecified atom stereocenters. The Morgan fingerprint density at radius 1 is 1.26 bits per heavy atom. The first-order valence-corrected chi connectivity index (χ1v) is 13.5. The number of carbonyl (C=O) groups is 2. The first kappa shape index (κ1) is 25.4. The van der Waals surface area contributed by atoms with E-state index in [1.54, 1.807) is 35.2 Å². The van der Waals surface area contributed by atoms with E-state index in [9.17, 15) is 27.7 Å². The van der Waals surface area contributed by atoms with Gasteiger partial charge >= 0.3 is 0 Å². The summed E-state index contributed by atoms with van der Waals surface area (Å²) in [7, 11) is -4.43. The van der Waals surface area contributed by atoms with E-state index in [1.807, 2.05) is 19.9 Å². The van der Waals surface area contributed by atoms with Crippen LogP contribution >= 0.6 is 24.0 Å². The van der Waals surface area contributed by atoms with Crippen molar-refractivity contribution < 1.29 is 32.4 Å². The Morgan fingerprint density at radius 3 is 2.66 bits per heavy atom. The molecule has 0 atom stereocenters. The molecule has 0 N–H and O–H groups in total. The van der Waals surface area contributed by atoms with E-state index >= 15 is 0 Å². The molecule has 1 aromatic rings. The lowest BCUT2D eigenvalue weighted by atomic mass is 9.75. The van der Waals surface area contributed by atoms with Gasteiger partial charge in [-0.2, -0.15) is 0 Å². The van der Waals surface area contributed by atoms with Crippen molar-refractivity contribution in [3.8, 4) is 5.75 Å². The van der Waals surface area contributed by atoms with Crippen LogP contribution in [-0.2, 0) is 19.7 Å². The molecule has 3 aliphatic rings. The summed E-state index contributed by atoms with van der Waals surface area (Å²) in [5, 5.41) is 11.0. The molecule has 0 aromatic heterocycles. The highest BCUT2D eigenvalue weighted by Crippen LogP contribution is 2.45. The maximum Gasteiger partial charge on any atom is 0.266 e. The van der Waals surface area contributed by atoms with Crippen molar-refractivity contribution in [2.75, 3.05) is 23.7 Å². The fourth-order valence-electron chi connectivity index (χ4n) is 4.31. The van der Waals surface area contributed by atoms with E-state index in [-0.39, 0.29) is 16.3 Å². The number of hydrogen-bond acceptors (Lipinski definition) is 10. The number of carboxylic acids is 1. The number of para-hydroxylation sites is 2. The minimum absolute atomic E-state index is 0.0694. The summed E-state index contributed by atoms with van der Waals surface area (Å²) in [5.74, 6) is -1.52. The number of aliphatic carboxylic acids is 1.